The molecule has 6 rings (SSSR count). The predicted molar refractivity (Wildman–Crippen MR) is 193 cm³/mol. The standard InChI is InChI=1S/C40H49FN4O7/c1-50-33-25-29(26-34(51-2)35(33)52-3)36(46)44-24-16-39(27-44,30-9-11-32(41)12-10-30)15-21-43-22-17-40(18-23-43,31-7-5-4-6-8-31)38(49)42-45-19-13-28(14-20-45)37(47)48/h4-12,25-26,28H,13-24,27H2,1-3H3,(H,42,49)(H,47,48). The van der Waals surface area contributed by atoms with E-state index in [-0.39, 0.29) is 23.5 Å². The Hall–Kier alpha value is -4.68. The zero-order chi connectivity index (χ0) is 36.9. The highest BCUT2D eigenvalue weighted by atomic mass is 19.1. The number of likely N-dealkylation sites (tertiary alicyclic amines) is 2. The van der Waals surface area contributed by atoms with Gasteiger partial charge < -0.3 is 29.1 Å². The van der Waals surface area contributed by atoms with E-state index in [0.717, 1.165) is 30.5 Å². The topological polar surface area (TPSA) is 121 Å². The van der Waals surface area contributed by atoms with Gasteiger partial charge in [-0.3, -0.25) is 19.8 Å². The smallest absolute Gasteiger partial charge is 0.306 e. The van der Waals surface area contributed by atoms with Gasteiger partial charge in [-0.2, -0.15) is 0 Å². The number of methoxy groups -OCH3 is 3. The van der Waals surface area contributed by atoms with Crippen molar-refractivity contribution in [2.24, 2.45) is 5.92 Å². The minimum atomic E-state index is -0.782. The van der Waals surface area contributed by atoms with Gasteiger partial charge in [0.1, 0.15) is 5.82 Å². The average Bonchev–Trinajstić information content (AvgIpc) is 3.62. The number of hydrogen-bond acceptors (Lipinski definition) is 8. The number of nitrogens with one attached hydrogen (secondary N) is 1. The van der Waals surface area contributed by atoms with Gasteiger partial charge in [0.2, 0.25) is 11.7 Å². The first-order chi connectivity index (χ1) is 25.1. The average molecular weight is 717 g/mol. The van der Waals surface area contributed by atoms with Crippen molar-refractivity contribution >= 4 is 17.8 Å². The fourth-order valence-corrected chi connectivity index (χ4v) is 8.24. The van der Waals surface area contributed by atoms with Crippen molar-refractivity contribution in [1.82, 2.24) is 20.2 Å². The Kier molecular flexibility index (Phi) is 11.4. The number of hydrazine groups is 1. The van der Waals surface area contributed by atoms with E-state index < -0.39 is 16.8 Å². The molecule has 3 saturated heterocycles. The summed E-state index contributed by atoms with van der Waals surface area (Å²) in [6.07, 6.45) is 3.73. The SMILES string of the molecule is COc1cc(C(=O)N2CCC(CCN3CCC(C(=O)NN4CCC(C(=O)O)CC4)(c4ccccc4)CC3)(c3ccc(F)cc3)C2)cc(OC)c1OC. The molecule has 12 heteroatoms. The molecular formula is C40H49FN4O7. The number of ether oxygens (including phenoxy) is 3. The quantitative estimate of drug-likeness (QED) is 0.270. The van der Waals surface area contributed by atoms with Crippen molar-refractivity contribution in [3.8, 4) is 17.2 Å². The molecule has 2 N–H and O–H groups in total. The highest BCUT2D eigenvalue weighted by Gasteiger charge is 2.46. The second-order valence-electron chi connectivity index (χ2n) is 14.3. The first kappa shape index (κ1) is 37.1. The van der Waals surface area contributed by atoms with E-state index in [1.807, 2.05) is 52.4 Å². The zero-order valence-corrected chi connectivity index (χ0v) is 30.2. The maximum absolute atomic E-state index is 14.1. The Morgan fingerprint density at radius 1 is 0.827 bits per heavy atom. The maximum Gasteiger partial charge on any atom is 0.306 e. The van der Waals surface area contributed by atoms with Gasteiger partial charge in [0.25, 0.3) is 5.91 Å². The second kappa shape index (κ2) is 15.9. The minimum absolute atomic E-state index is 0.0494. The highest BCUT2D eigenvalue weighted by Crippen LogP contribution is 2.42. The lowest BCUT2D eigenvalue weighted by Crippen LogP contribution is -2.57. The number of aliphatic carboxylic acids is 1. The van der Waals surface area contributed by atoms with Crippen LogP contribution in [0.15, 0.2) is 66.7 Å². The number of carboxylic acids is 1. The third-order valence-electron chi connectivity index (χ3n) is 11.5. The van der Waals surface area contributed by atoms with Crippen LogP contribution < -0.4 is 19.6 Å². The lowest BCUT2D eigenvalue weighted by atomic mass is 9.71. The van der Waals surface area contributed by atoms with E-state index >= 15 is 0 Å². The molecule has 3 aliphatic rings. The molecule has 0 radical (unpaired) electrons. The van der Waals surface area contributed by atoms with Crippen molar-refractivity contribution in [2.75, 3.05) is 67.1 Å². The molecule has 0 saturated carbocycles. The normalized spacial score (nSPS) is 21.0. The first-order valence-corrected chi connectivity index (χ1v) is 18.0. The van der Waals surface area contributed by atoms with Crippen molar-refractivity contribution < 1.29 is 38.1 Å². The summed E-state index contributed by atoms with van der Waals surface area (Å²) in [6.45, 7) is 4.17. The Morgan fingerprint density at radius 2 is 1.46 bits per heavy atom. The van der Waals surface area contributed by atoms with E-state index in [4.69, 9.17) is 14.2 Å². The van der Waals surface area contributed by atoms with Crippen LogP contribution in [0.2, 0.25) is 0 Å². The van der Waals surface area contributed by atoms with Gasteiger partial charge >= 0.3 is 5.97 Å². The Morgan fingerprint density at radius 3 is 2.04 bits per heavy atom. The lowest BCUT2D eigenvalue weighted by molar-refractivity contribution is -0.144. The van der Waals surface area contributed by atoms with Gasteiger partial charge in [-0.1, -0.05) is 42.5 Å². The number of halogens is 1. The van der Waals surface area contributed by atoms with E-state index in [1.165, 1.54) is 33.5 Å². The molecule has 2 amide bonds. The number of carboxylic acid groups (broad SMARTS) is 1. The van der Waals surface area contributed by atoms with Crippen LogP contribution in [0.1, 0.15) is 60.0 Å². The van der Waals surface area contributed by atoms with Gasteiger partial charge in [-0.05, 0) is 93.6 Å². The maximum atomic E-state index is 14.1. The fourth-order valence-electron chi connectivity index (χ4n) is 8.24. The van der Waals surface area contributed by atoms with Gasteiger partial charge in [0, 0.05) is 37.2 Å². The summed E-state index contributed by atoms with van der Waals surface area (Å²) < 4.78 is 30.6. The van der Waals surface area contributed by atoms with Crippen LogP contribution in [0.25, 0.3) is 0 Å². The van der Waals surface area contributed by atoms with E-state index in [2.05, 4.69) is 10.3 Å². The molecule has 3 aliphatic heterocycles. The summed E-state index contributed by atoms with van der Waals surface area (Å²) in [7, 11) is 4.56. The summed E-state index contributed by atoms with van der Waals surface area (Å²) in [5.74, 6) is -0.435. The summed E-state index contributed by atoms with van der Waals surface area (Å²) >= 11 is 0. The van der Waals surface area contributed by atoms with Crippen LogP contribution in [0.4, 0.5) is 4.39 Å². The third kappa shape index (κ3) is 7.59. The van der Waals surface area contributed by atoms with Crippen molar-refractivity contribution in [3.63, 3.8) is 0 Å². The first-order valence-electron chi connectivity index (χ1n) is 18.0. The number of carbonyl (C=O) groups is 3. The fraction of sp³-hybridized carbons (Fsp3) is 0.475. The lowest BCUT2D eigenvalue weighted by Gasteiger charge is -2.43. The molecule has 3 heterocycles. The van der Waals surface area contributed by atoms with Crippen LogP contribution in [-0.2, 0) is 20.4 Å². The molecule has 1 atom stereocenters. The summed E-state index contributed by atoms with van der Waals surface area (Å²) in [4.78, 5) is 43.8. The van der Waals surface area contributed by atoms with E-state index in [0.29, 0.717) is 87.8 Å². The van der Waals surface area contributed by atoms with E-state index in [9.17, 15) is 23.9 Å². The molecule has 0 spiro atoms. The number of piperidine rings is 2. The third-order valence-corrected chi connectivity index (χ3v) is 11.5. The molecule has 1 unspecified atom stereocenters. The molecule has 0 bridgehead atoms. The number of benzene rings is 3. The van der Waals surface area contributed by atoms with Gasteiger partial charge in [0.05, 0.1) is 32.7 Å². The van der Waals surface area contributed by atoms with Crippen molar-refractivity contribution in [1.29, 1.82) is 0 Å². The number of carbonyl (C=O) groups excluding carboxylic acids is 2. The predicted octanol–water partition coefficient (Wildman–Crippen LogP) is 4.89. The van der Waals surface area contributed by atoms with Crippen molar-refractivity contribution in [3.05, 3.63) is 89.2 Å². The molecule has 278 valence electrons. The highest BCUT2D eigenvalue weighted by molar-refractivity contribution is 5.96. The molecule has 3 aromatic rings. The minimum Gasteiger partial charge on any atom is -0.493 e. The van der Waals surface area contributed by atoms with Crippen LogP contribution >= 0.6 is 0 Å². The molecule has 11 nitrogen and oxygen atoms in total. The van der Waals surface area contributed by atoms with Gasteiger partial charge in [-0.25, -0.2) is 9.40 Å². The molecule has 52 heavy (non-hydrogen) atoms. The van der Waals surface area contributed by atoms with Crippen LogP contribution in [0.3, 0.4) is 0 Å². The molecule has 0 aromatic heterocycles. The second-order valence-corrected chi connectivity index (χ2v) is 14.3. The van der Waals surface area contributed by atoms with Crippen molar-refractivity contribution in [2.45, 2.75) is 49.4 Å². The van der Waals surface area contributed by atoms with Crippen LogP contribution in [0.5, 0.6) is 17.2 Å². The summed E-state index contributed by atoms with van der Waals surface area (Å²) in [5, 5.41) is 11.3. The molecular weight excluding hydrogens is 667 g/mol. The Labute approximate surface area is 304 Å². The molecule has 3 fully saturated rings. The molecule has 3 aromatic carbocycles. The van der Waals surface area contributed by atoms with Gasteiger partial charge in [0.15, 0.2) is 11.5 Å². The number of rotatable bonds is 12. The number of amides is 2. The van der Waals surface area contributed by atoms with E-state index in [1.54, 1.807) is 12.1 Å². The van der Waals surface area contributed by atoms with Crippen LogP contribution in [-0.4, -0.2) is 105 Å². The molecule has 0 aliphatic carbocycles. The largest absolute Gasteiger partial charge is 0.493 e. The Balaban J connectivity index is 1.16. The summed E-state index contributed by atoms with van der Waals surface area (Å²) in [5.41, 5.74) is 4.45. The van der Waals surface area contributed by atoms with Gasteiger partial charge in [-0.15, -0.1) is 0 Å². The monoisotopic (exact) mass is 716 g/mol. The number of nitrogens with zero attached hydrogens (tertiary/aromatic N) is 3. The zero-order valence-electron chi connectivity index (χ0n) is 30.2. The Bertz CT molecular complexity index is 1700. The van der Waals surface area contributed by atoms with Crippen LogP contribution in [0, 0.1) is 11.7 Å². The summed E-state index contributed by atoms with van der Waals surface area (Å²) in [6, 6.07) is 19.9. The number of hydrogen-bond donors (Lipinski definition) is 2.